The van der Waals surface area contributed by atoms with Crippen molar-refractivity contribution in [3.8, 4) is 0 Å². The summed E-state index contributed by atoms with van der Waals surface area (Å²) in [4.78, 5) is 6.65. The van der Waals surface area contributed by atoms with Crippen molar-refractivity contribution in [1.82, 2.24) is 19.8 Å². The normalized spacial score (nSPS) is 17.5. The predicted octanol–water partition coefficient (Wildman–Crippen LogP) is 0.886. The van der Waals surface area contributed by atoms with Crippen LogP contribution in [0.25, 0.3) is 0 Å². The van der Waals surface area contributed by atoms with E-state index in [1.54, 1.807) is 0 Å². The largest absolute Gasteiger partial charge is 0.379 e. The van der Waals surface area contributed by atoms with Gasteiger partial charge < -0.3 is 14.6 Å². The lowest BCUT2D eigenvalue weighted by Crippen LogP contribution is -2.40. The molecule has 1 aliphatic heterocycles. The van der Waals surface area contributed by atoms with Crippen molar-refractivity contribution >= 4 is 0 Å². The molecule has 0 amide bonds. The van der Waals surface area contributed by atoms with Gasteiger partial charge in [0.05, 0.1) is 25.2 Å². The minimum atomic E-state index is 0.476. The molecular formula is C13H24N4O. The summed E-state index contributed by atoms with van der Waals surface area (Å²) in [6.45, 7) is 11.2. The van der Waals surface area contributed by atoms with Crippen LogP contribution < -0.4 is 5.32 Å². The standard InChI is InChI=1S/C13H24N4O/c1-12(2)17-11-15-10-13(17)9-14-3-4-16-5-7-18-8-6-16/h10-12,14H,3-9H2,1-2H3. The van der Waals surface area contributed by atoms with Crippen molar-refractivity contribution in [2.45, 2.75) is 26.4 Å². The molecule has 2 rings (SSSR count). The first-order chi connectivity index (χ1) is 8.77. The fourth-order valence-corrected chi connectivity index (χ4v) is 2.21. The van der Waals surface area contributed by atoms with Crippen LogP contribution in [0.4, 0.5) is 0 Å². The lowest BCUT2D eigenvalue weighted by molar-refractivity contribution is 0.0384. The topological polar surface area (TPSA) is 42.3 Å². The maximum atomic E-state index is 5.33. The zero-order chi connectivity index (χ0) is 12.8. The molecule has 5 heteroatoms. The third-order valence-electron chi connectivity index (χ3n) is 3.32. The molecule has 0 saturated carbocycles. The molecule has 0 atom stereocenters. The minimum Gasteiger partial charge on any atom is -0.379 e. The van der Waals surface area contributed by atoms with Gasteiger partial charge in [-0.3, -0.25) is 4.90 Å². The number of aromatic nitrogens is 2. The van der Waals surface area contributed by atoms with Gasteiger partial charge in [0.1, 0.15) is 0 Å². The monoisotopic (exact) mass is 252 g/mol. The van der Waals surface area contributed by atoms with Crippen LogP contribution in [-0.4, -0.2) is 53.8 Å². The Morgan fingerprint density at radius 3 is 2.89 bits per heavy atom. The van der Waals surface area contributed by atoms with E-state index in [9.17, 15) is 0 Å². The van der Waals surface area contributed by atoms with Crippen LogP contribution >= 0.6 is 0 Å². The van der Waals surface area contributed by atoms with E-state index in [-0.39, 0.29) is 0 Å². The van der Waals surface area contributed by atoms with Crippen molar-refractivity contribution < 1.29 is 4.74 Å². The SMILES string of the molecule is CC(C)n1cncc1CNCCN1CCOCC1. The second-order valence-corrected chi connectivity index (χ2v) is 5.02. The highest BCUT2D eigenvalue weighted by molar-refractivity contribution is 4.99. The van der Waals surface area contributed by atoms with Crippen molar-refractivity contribution in [3.05, 3.63) is 18.2 Å². The Labute approximate surface area is 109 Å². The Kier molecular flexibility index (Phi) is 5.16. The van der Waals surface area contributed by atoms with Crippen molar-refractivity contribution in [3.63, 3.8) is 0 Å². The fraction of sp³-hybridized carbons (Fsp3) is 0.769. The molecule has 1 aliphatic rings. The molecule has 0 aromatic carbocycles. The van der Waals surface area contributed by atoms with Crippen molar-refractivity contribution in [2.24, 2.45) is 0 Å². The Bertz CT molecular complexity index is 345. The molecule has 0 bridgehead atoms. The summed E-state index contributed by atoms with van der Waals surface area (Å²) in [6, 6.07) is 0.476. The second kappa shape index (κ2) is 6.87. The van der Waals surface area contributed by atoms with Crippen LogP contribution in [0.2, 0.25) is 0 Å². The first-order valence-electron chi connectivity index (χ1n) is 6.79. The summed E-state index contributed by atoms with van der Waals surface area (Å²) in [5, 5.41) is 3.49. The van der Waals surface area contributed by atoms with Crippen molar-refractivity contribution in [1.29, 1.82) is 0 Å². The van der Waals surface area contributed by atoms with Gasteiger partial charge in [0.15, 0.2) is 0 Å². The van der Waals surface area contributed by atoms with Gasteiger partial charge in [-0.25, -0.2) is 4.98 Å². The molecule has 1 aromatic rings. The van der Waals surface area contributed by atoms with E-state index in [0.29, 0.717) is 6.04 Å². The van der Waals surface area contributed by atoms with Crippen LogP contribution in [0.5, 0.6) is 0 Å². The van der Waals surface area contributed by atoms with Crippen LogP contribution in [0, 0.1) is 0 Å². The number of ether oxygens (including phenoxy) is 1. The van der Waals surface area contributed by atoms with E-state index in [2.05, 4.69) is 33.6 Å². The summed E-state index contributed by atoms with van der Waals surface area (Å²) in [6.07, 6.45) is 3.85. The highest BCUT2D eigenvalue weighted by atomic mass is 16.5. The van der Waals surface area contributed by atoms with Crippen LogP contribution in [0.3, 0.4) is 0 Å². The molecule has 102 valence electrons. The molecule has 18 heavy (non-hydrogen) atoms. The number of imidazole rings is 1. The maximum absolute atomic E-state index is 5.33. The number of nitrogens with one attached hydrogen (secondary N) is 1. The highest BCUT2D eigenvalue weighted by Gasteiger charge is 2.09. The highest BCUT2D eigenvalue weighted by Crippen LogP contribution is 2.08. The fourth-order valence-electron chi connectivity index (χ4n) is 2.21. The van der Waals surface area contributed by atoms with Gasteiger partial charge in [-0.05, 0) is 13.8 Å². The van der Waals surface area contributed by atoms with Gasteiger partial charge in [0.25, 0.3) is 0 Å². The molecule has 0 aliphatic carbocycles. The van der Waals surface area contributed by atoms with E-state index in [0.717, 1.165) is 45.9 Å². The van der Waals surface area contributed by atoms with Crippen LogP contribution in [0.15, 0.2) is 12.5 Å². The predicted molar refractivity (Wildman–Crippen MR) is 71.6 cm³/mol. The maximum Gasteiger partial charge on any atom is 0.0951 e. The van der Waals surface area contributed by atoms with E-state index in [1.165, 1.54) is 5.69 Å². The Hall–Kier alpha value is -0.910. The third kappa shape index (κ3) is 3.80. The van der Waals surface area contributed by atoms with E-state index in [1.807, 2.05) is 12.5 Å². The average Bonchev–Trinajstić information content (AvgIpc) is 2.84. The molecular weight excluding hydrogens is 228 g/mol. The quantitative estimate of drug-likeness (QED) is 0.763. The van der Waals surface area contributed by atoms with Gasteiger partial charge in [-0.15, -0.1) is 0 Å². The average molecular weight is 252 g/mol. The lowest BCUT2D eigenvalue weighted by atomic mass is 10.3. The summed E-state index contributed by atoms with van der Waals surface area (Å²) in [7, 11) is 0. The number of hydrogen-bond donors (Lipinski definition) is 1. The molecule has 1 fully saturated rings. The number of hydrogen-bond acceptors (Lipinski definition) is 4. The zero-order valence-corrected chi connectivity index (χ0v) is 11.4. The lowest BCUT2D eigenvalue weighted by Gasteiger charge is -2.26. The number of rotatable bonds is 6. The molecule has 5 nitrogen and oxygen atoms in total. The molecule has 0 spiro atoms. The molecule has 0 radical (unpaired) electrons. The first-order valence-corrected chi connectivity index (χ1v) is 6.79. The van der Waals surface area contributed by atoms with Crippen molar-refractivity contribution in [2.75, 3.05) is 39.4 Å². The second-order valence-electron chi connectivity index (χ2n) is 5.02. The summed E-state index contributed by atoms with van der Waals surface area (Å²) < 4.78 is 7.54. The van der Waals surface area contributed by atoms with Gasteiger partial charge >= 0.3 is 0 Å². The first kappa shape index (κ1) is 13.5. The Balaban J connectivity index is 1.66. The minimum absolute atomic E-state index is 0.476. The van der Waals surface area contributed by atoms with Crippen LogP contribution in [0.1, 0.15) is 25.6 Å². The van der Waals surface area contributed by atoms with Gasteiger partial charge in [-0.1, -0.05) is 0 Å². The molecule has 2 heterocycles. The van der Waals surface area contributed by atoms with Gasteiger partial charge in [0, 0.05) is 45.0 Å². The summed E-state index contributed by atoms with van der Waals surface area (Å²) >= 11 is 0. The van der Waals surface area contributed by atoms with E-state index >= 15 is 0 Å². The Morgan fingerprint density at radius 2 is 2.17 bits per heavy atom. The summed E-state index contributed by atoms with van der Waals surface area (Å²) in [5.41, 5.74) is 1.26. The molecule has 1 saturated heterocycles. The Morgan fingerprint density at radius 1 is 1.39 bits per heavy atom. The van der Waals surface area contributed by atoms with Crippen LogP contribution in [-0.2, 0) is 11.3 Å². The number of morpholine rings is 1. The summed E-state index contributed by atoms with van der Waals surface area (Å²) in [5.74, 6) is 0. The zero-order valence-electron chi connectivity index (χ0n) is 11.4. The number of nitrogens with zero attached hydrogens (tertiary/aromatic N) is 3. The smallest absolute Gasteiger partial charge is 0.0951 e. The molecule has 1 N–H and O–H groups in total. The molecule has 0 unspecified atom stereocenters. The third-order valence-corrected chi connectivity index (χ3v) is 3.32. The van der Waals surface area contributed by atoms with E-state index < -0.39 is 0 Å². The van der Waals surface area contributed by atoms with Gasteiger partial charge in [-0.2, -0.15) is 0 Å². The van der Waals surface area contributed by atoms with Gasteiger partial charge in [0.2, 0.25) is 0 Å². The van der Waals surface area contributed by atoms with E-state index in [4.69, 9.17) is 4.74 Å². The molecule has 1 aromatic heterocycles.